The first-order valence-electron chi connectivity index (χ1n) is 19.0. The lowest BCUT2D eigenvalue weighted by molar-refractivity contribution is 0.668. The Morgan fingerprint density at radius 2 is 0.930 bits per heavy atom. The summed E-state index contributed by atoms with van der Waals surface area (Å²) in [6, 6.07) is 62.8. The second kappa shape index (κ2) is 12.3. The first kappa shape index (κ1) is 31.5. The van der Waals surface area contributed by atoms with Crippen LogP contribution in [0.15, 0.2) is 191 Å². The minimum absolute atomic E-state index is 0.564. The van der Waals surface area contributed by atoms with E-state index < -0.39 is 0 Å². The molecule has 0 atom stereocenters. The average Bonchev–Trinajstić information content (AvgIpc) is 3.95. The molecule has 57 heavy (non-hydrogen) atoms. The van der Waals surface area contributed by atoms with E-state index in [4.69, 9.17) is 23.8 Å². The van der Waals surface area contributed by atoms with Gasteiger partial charge in [0.1, 0.15) is 22.3 Å². The molecule has 0 saturated heterocycles. The van der Waals surface area contributed by atoms with Gasteiger partial charge in [0.05, 0.1) is 11.0 Å². The van der Waals surface area contributed by atoms with Crippen molar-refractivity contribution >= 4 is 65.7 Å². The van der Waals surface area contributed by atoms with Gasteiger partial charge >= 0.3 is 0 Å². The first-order valence-corrected chi connectivity index (χ1v) is 19.0. The molecule has 4 aromatic heterocycles. The molecule has 0 aliphatic heterocycles. The van der Waals surface area contributed by atoms with E-state index in [-0.39, 0.29) is 0 Å². The quantitative estimate of drug-likeness (QED) is 0.176. The first-order chi connectivity index (χ1) is 28.2. The van der Waals surface area contributed by atoms with Crippen molar-refractivity contribution in [2.24, 2.45) is 0 Å². The maximum absolute atomic E-state index is 6.51. The number of aromatic nitrogens is 4. The summed E-state index contributed by atoms with van der Waals surface area (Å²) in [5, 5.41) is 6.53. The molecule has 12 rings (SSSR count). The lowest BCUT2D eigenvalue weighted by Gasteiger charge is -2.10. The molecular weight excluding hydrogens is 701 g/mol. The Labute approximate surface area is 325 Å². The van der Waals surface area contributed by atoms with Gasteiger partial charge in [-0.2, -0.15) is 0 Å². The van der Waals surface area contributed by atoms with Crippen LogP contribution in [0.5, 0.6) is 0 Å². The zero-order chi connectivity index (χ0) is 37.5. The fraction of sp³-hybridized carbons (Fsp3) is 0. The van der Waals surface area contributed by atoms with Crippen LogP contribution in [0.2, 0.25) is 0 Å². The molecule has 8 aromatic carbocycles. The molecule has 0 radical (unpaired) electrons. The van der Waals surface area contributed by atoms with E-state index in [1.54, 1.807) is 0 Å². The highest BCUT2D eigenvalue weighted by Crippen LogP contribution is 2.40. The van der Waals surface area contributed by atoms with Crippen LogP contribution in [0, 0.1) is 0 Å². The smallest absolute Gasteiger partial charge is 0.164 e. The summed E-state index contributed by atoms with van der Waals surface area (Å²) in [5.41, 5.74) is 11.5. The van der Waals surface area contributed by atoms with Crippen LogP contribution < -0.4 is 0 Å². The van der Waals surface area contributed by atoms with E-state index in [0.29, 0.717) is 17.5 Å². The van der Waals surface area contributed by atoms with E-state index in [1.807, 2.05) is 66.7 Å². The third-order valence-corrected chi connectivity index (χ3v) is 11.1. The Bertz CT molecular complexity index is 3530. The van der Waals surface area contributed by atoms with Crippen molar-refractivity contribution in [1.82, 2.24) is 19.5 Å². The van der Waals surface area contributed by atoms with E-state index in [9.17, 15) is 0 Å². The molecule has 0 saturated carbocycles. The Kier molecular flexibility index (Phi) is 6.83. The maximum atomic E-state index is 6.51. The van der Waals surface area contributed by atoms with E-state index in [2.05, 4.69) is 120 Å². The van der Waals surface area contributed by atoms with Crippen LogP contribution >= 0.6 is 0 Å². The Morgan fingerprint density at radius 1 is 0.333 bits per heavy atom. The number of fused-ring (bicyclic) bond motifs is 9. The van der Waals surface area contributed by atoms with Crippen molar-refractivity contribution in [3.63, 3.8) is 0 Å². The van der Waals surface area contributed by atoms with Gasteiger partial charge in [-0.15, -0.1) is 0 Å². The third kappa shape index (κ3) is 5.01. The highest BCUT2D eigenvalue weighted by atomic mass is 16.3. The van der Waals surface area contributed by atoms with E-state index in [0.717, 1.165) is 82.9 Å². The van der Waals surface area contributed by atoms with Crippen LogP contribution in [0.1, 0.15) is 0 Å². The van der Waals surface area contributed by atoms with Crippen molar-refractivity contribution in [3.05, 3.63) is 182 Å². The average molecular weight is 731 g/mol. The highest BCUT2D eigenvalue weighted by Gasteiger charge is 2.20. The summed E-state index contributed by atoms with van der Waals surface area (Å²) in [6.45, 7) is 0. The molecule has 0 unspecified atom stereocenters. The van der Waals surface area contributed by atoms with Gasteiger partial charge in [0.2, 0.25) is 0 Å². The molecule has 0 aliphatic carbocycles. The van der Waals surface area contributed by atoms with Crippen LogP contribution in [0.4, 0.5) is 0 Å². The summed E-state index contributed by atoms with van der Waals surface area (Å²) in [5.74, 6) is 1.72. The maximum Gasteiger partial charge on any atom is 0.164 e. The summed E-state index contributed by atoms with van der Waals surface area (Å²) in [4.78, 5) is 15.3. The lowest BCUT2D eigenvalue weighted by Crippen LogP contribution is -2.00. The molecular formula is C51H30N4O2. The van der Waals surface area contributed by atoms with Crippen molar-refractivity contribution in [3.8, 4) is 51.0 Å². The molecule has 0 spiro atoms. The summed E-state index contributed by atoms with van der Waals surface area (Å²) < 4.78 is 15.1. The minimum Gasteiger partial charge on any atom is -0.456 e. The molecule has 0 fully saturated rings. The number of benzene rings is 8. The second-order valence-electron chi connectivity index (χ2n) is 14.4. The number of nitrogens with zero attached hydrogens (tertiary/aromatic N) is 4. The Hall–Kier alpha value is -7.83. The molecule has 4 heterocycles. The van der Waals surface area contributed by atoms with Crippen molar-refractivity contribution in [1.29, 1.82) is 0 Å². The van der Waals surface area contributed by atoms with Gasteiger partial charge in [0.15, 0.2) is 17.5 Å². The Morgan fingerprint density at radius 3 is 1.81 bits per heavy atom. The number of rotatable bonds is 5. The van der Waals surface area contributed by atoms with Crippen LogP contribution in [0.3, 0.4) is 0 Å². The molecule has 266 valence electrons. The third-order valence-electron chi connectivity index (χ3n) is 11.1. The topological polar surface area (TPSA) is 69.9 Å². The van der Waals surface area contributed by atoms with Crippen molar-refractivity contribution < 1.29 is 8.83 Å². The number of furan rings is 2. The van der Waals surface area contributed by atoms with E-state index in [1.165, 1.54) is 16.3 Å². The zero-order valence-corrected chi connectivity index (χ0v) is 30.4. The summed E-state index contributed by atoms with van der Waals surface area (Å²) in [6.07, 6.45) is 0. The van der Waals surface area contributed by atoms with Gasteiger partial charge in [-0.1, -0.05) is 121 Å². The molecule has 0 bridgehead atoms. The molecule has 0 amide bonds. The molecule has 0 N–H and O–H groups in total. The van der Waals surface area contributed by atoms with E-state index >= 15 is 0 Å². The predicted octanol–water partition coefficient (Wildman–Crippen LogP) is 13.4. The SMILES string of the molecule is c1ccc(-c2nc(-c3ccc4c(c3)oc3ccccc34)nc(-c3cccc4oc5ccc(-c6ccc7c8ccccc8n(-c8ccccc8)c7c6)cc5c34)n2)cc1. The molecule has 12 aromatic rings. The second-order valence-corrected chi connectivity index (χ2v) is 14.4. The van der Waals surface area contributed by atoms with Gasteiger partial charge < -0.3 is 13.4 Å². The normalized spacial score (nSPS) is 11.9. The fourth-order valence-electron chi connectivity index (χ4n) is 8.40. The number of hydrogen-bond acceptors (Lipinski definition) is 5. The summed E-state index contributed by atoms with van der Waals surface area (Å²) in [7, 11) is 0. The standard InChI is InChI=1S/C51H30N4O2/c1-3-12-31(13-4-1)49-52-50(34-23-26-39-38-17-8-10-20-44(38)57-47(39)30-34)54-51(53-49)40-18-11-21-46-48(40)41-28-32(24-27-45(41)56-46)33-22-25-37-36-16-7-9-19-42(36)55(43(37)29-33)35-14-5-2-6-15-35/h1-30H. The van der Waals surface area contributed by atoms with Crippen LogP contribution in [-0.4, -0.2) is 19.5 Å². The monoisotopic (exact) mass is 730 g/mol. The van der Waals surface area contributed by atoms with Gasteiger partial charge in [-0.05, 0) is 71.8 Å². The van der Waals surface area contributed by atoms with Crippen molar-refractivity contribution in [2.75, 3.05) is 0 Å². The van der Waals surface area contributed by atoms with Gasteiger partial charge in [-0.3, -0.25) is 0 Å². The largest absolute Gasteiger partial charge is 0.456 e. The number of para-hydroxylation sites is 3. The fourth-order valence-corrected chi connectivity index (χ4v) is 8.40. The molecule has 6 heteroatoms. The lowest BCUT2D eigenvalue weighted by atomic mass is 9.99. The van der Waals surface area contributed by atoms with Crippen LogP contribution in [0.25, 0.3) is 117 Å². The zero-order valence-electron chi connectivity index (χ0n) is 30.4. The van der Waals surface area contributed by atoms with Gasteiger partial charge in [0.25, 0.3) is 0 Å². The van der Waals surface area contributed by atoms with Crippen LogP contribution in [-0.2, 0) is 0 Å². The van der Waals surface area contributed by atoms with Gasteiger partial charge in [0, 0.05) is 54.7 Å². The predicted molar refractivity (Wildman–Crippen MR) is 230 cm³/mol. The minimum atomic E-state index is 0.564. The molecule has 0 aliphatic rings. The highest BCUT2D eigenvalue weighted by molar-refractivity contribution is 6.14. The summed E-state index contributed by atoms with van der Waals surface area (Å²) >= 11 is 0. The van der Waals surface area contributed by atoms with Crippen molar-refractivity contribution in [2.45, 2.75) is 0 Å². The van der Waals surface area contributed by atoms with Gasteiger partial charge in [-0.25, -0.2) is 15.0 Å². The Balaban J connectivity index is 1.04. The number of hydrogen-bond donors (Lipinski definition) is 0. The molecule has 6 nitrogen and oxygen atoms in total.